The average Bonchev–Trinajstić information content (AvgIpc) is 2.52. The van der Waals surface area contributed by atoms with Gasteiger partial charge < -0.3 is 10.1 Å². The Bertz CT molecular complexity index is 692. The molecule has 2 rings (SSSR count). The van der Waals surface area contributed by atoms with Gasteiger partial charge in [-0.05, 0) is 62.1 Å². The van der Waals surface area contributed by atoms with Gasteiger partial charge in [0, 0.05) is 10.7 Å². The molecule has 0 aliphatic heterocycles. The first kappa shape index (κ1) is 17.4. The van der Waals surface area contributed by atoms with E-state index in [-0.39, 0.29) is 5.91 Å². The fourth-order valence-corrected chi connectivity index (χ4v) is 2.51. The highest BCUT2D eigenvalue weighted by molar-refractivity contribution is 6.31. The molecule has 2 aromatic carbocycles. The minimum Gasteiger partial charge on any atom is -0.481 e. The van der Waals surface area contributed by atoms with Crippen molar-refractivity contribution >= 4 is 23.2 Å². The molecule has 1 amide bonds. The maximum Gasteiger partial charge on any atom is 0.265 e. The topological polar surface area (TPSA) is 38.3 Å². The summed E-state index contributed by atoms with van der Waals surface area (Å²) in [5.41, 5.74) is 3.85. The molecule has 0 saturated carbocycles. The van der Waals surface area contributed by atoms with E-state index in [1.165, 1.54) is 0 Å². The number of aryl methyl sites for hydroxylation is 3. The SMILES string of the molecule is CC[C@H](Oc1ccc(Cl)c(C)c1)C(=O)Nc1c(C)cccc1C. The van der Waals surface area contributed by atoms with Gasteiger partial charge in [-0.3, -0.25) is 4.79 Å². The molecular formula is C19H22ClNO2. The van der Waals surface area contributed by atoms with E-state index in [4.69, 9.17) is 16.3 Å². The zero-order chi connectivity index (χ0) is 17.0. The number of rotatable bonds is 5. The fraction of sp³-hybridized carbons (Fsp3) is 0.316. The second-order valence-electron chi connectivity index (χ2n) is 5.68. The van der Waals surface area contributed by atoms with Crippen molar-refractivity contribution in [2.45, 2.75) is 40.2 Å². The Hall–Kier alpha value is -2.00. The van der Waals surface area contributed by atoms with Gasteiger partial charge in [0.05, 0.1) is 0 Å². The molecule has 0 spiro atoms. The van der Waals surface area contributed by atoms with Crippen molar-refractivity contribution in [3.05, 3.63) is 58.1 Å². The van der Waals surface area contributed by atoms with Gasteiger partial charge in [0.15, 0.2) is 6.10 Å². The number of carbonyl (C=O) groups is 1. The third kappa shape index (κ3) is 4.26. The monoisotopic (exact) mass is 331 g/mol. The third-order valence-corrected chi connectivity index (χ3v) is 4.22. The van der Waals surface area contributed by atoms with Crippen LogP contribution in [0.1, 0.15) is 30.0 Å². The maximum absolute atomic E-state index is 12.5. The number of halogens is 1. The third-order valence-electron chi connectivity index (χ3n) is 3.80. The summed E-state index contributed by atoms with van der Waals surface area (Å²) in [5.74, 6) is 0.507. The van der Waals surface area contributed by atoms with E-state index in [0.29, 0.717) is 17.2 Å². The minimum absolute atomic E-state index is 0.141. The number of para-hydroxylation sites is 1. The molecule has 0 heterocycles. The van der Waals surface area contributed by atoms with Gasteiger partial charge in [0.25, 0.3) is 5.91 Å². The predicted octanol–water partition coefficient (Wildman–Crippen LogP) is 5.06. The maximum atomic E-state index is 12.5. The first-order chi connectivity index (χ1) is 10.9. The number of hydrogen-bond acceptors (Lipinski definition) is 2. The lowest BCUT2D eigenvalue weighted by molar-refractivity contribution is -0.122. The lowest BCUT2D eigenvalue weighted by Gasteiger charge is -2.19. The van der Waals surface area contributed by atoms with Gasteiger partial charge in [-0.15, -0.1) is 0 Å². The molecule has 0 saturated heterocycles. The number of anilines is 1. The molecule has 122 valence electrons. The van der Waals surface area contributed by atoms with Gasteiger partial charge in [-0.2, -0.15) is 0 Å². The molecule has 0 radical (unpaired) electrons. The Kier molecular flexibility index (Phi) is 5.67. The Morgan fingerprint density at radius 2 is 1.78 bits per heavy atom. The molecule has 3 nitrogen and oxygen atoms in total. The lowest BCUT2D eigenvalue weighted by atomic mass is 10.1. The van der Waals surface area contributed by atoms with Crippen molar-refractivity contribution in [3.63, 3.8) is 0 Å². The van der Waals surface area contributed by atoms with Crippen LogP contribution in [0.2, 0.25) is 5.02 Å². The molecule has 0 bridgehead atoms. The zero-order valence-corrected chi connectivity index (χ0v) is 14.7. The van der Waals surface area contributed by atoms with Crippen LogP contribution in [-0.4, -0.2) is 12.0 Å². The molecule has 0 fully saturated rings. The van der Waals surface area contributed by atoms with Gasteiger partial charge in [0.2, 0.25) is 0 Å². The molecule has 0 unspecified atom stereocenters. The van der Waals surface area contributed by atoms with Crippen molar-refractivity contribution in [1.82, 2.24) is 0 Å². The highest BCUT2D eigenvalue weighted by atomic mass is 35.5. The van der Waals surface area contributed by atoms with Crippen LogP contribution in [0.15, 0.2) is 36.4 Å². The van der Waals surface area contributed by atoms with Crippen molar-refractivity contribution in [2.75, 3.05) is 5.32 Å². The molecule has 2 aromatic rings. The van der Waals surface area contributed by atoms with Crippen LogP contribution < -0.4 is 10.1 Å². The van der Waals surface area contributed by atoms with Crippen LogP contribution >= 0.6 is 11.6 Å². The lowest BCUT2D eigenvalue weighted by Crippen LogP contribution is -2.32. The standard InChI is InChI=1S/C19H22ClNO2/c1-5-17(23-15-9-10-16(20)14(4)11-15)19(22)21-18-12(2)7-6-8-13(18)3/h6-11,17H,5H2,1-4H3,(H,21,22)/t17-/m0/s1. The number of carbonyl (C=O) groups excluding carboxylic acids is 1. The summed E-state index contributed by atoms with van der Waals surface area (Å²) in [6, 6.07) is 11.3. The molecule has 4 heteroatoms. The first-order valence-corrected chi connectivity index (χ1v) is 8.10. The zero-order valence-electron chi connectivity index (χ0n) is 13.9. The van der Waals surface area contributed by atoms with E-state index in [2.05, 4.69) is 5.32 Å². The molecule has 1 N–H and O–H groups in total. The molecule has 0 aliphatic carbocycles. The van der Waals surface area contributed by atoms with Crippen LogP contribution in [0, 0.1) is 20.8 Å². The highest BCUT2D eigenvalue weighted by Gasteiger charge is 2.20. The van der Waals surface area contributed by atoms with Gasteiger partial charge in [0.1, 0.15) is 5.75 Å². The van der Waals surface area contributed by atoms with Gasteiger partial charge >= 0.3 is 0 Å². The van der Waals surface area contributed by atoms with Crippen molar-refractivity contribution in [1.29, 1.82) is 0 Å². The summed E-state index contributed by atoms with van der Waals surface area (Å²) in [5, 5.41) is 3.67. The Morgan fingerprint density at radius 1 is 1.13 bits per heavy atom. The summed E-state index contributed by atoms with van der Waals surface area (Å²) < 4.78 is 5.84. The van der Waals surface area contributed by atoms with E-state index < -0.39 is 6.10 Å². The second kappa shape index (κ2) is 7.51. The summed E-state index contributed by atoms with van der Waals surface area (Å²) in [7, 11) is 0. The Morgan fingerprint density at radius 3 is 2.35 bits per heavy atom. The van der Waals surface area contributed by atoms with E-state index >= 15 is 0 Å². The van der Waals surface area contributed by atoms with Crippen LogP contribution in [0.25, 0.3) is 0 Å². The summed E-state index contributed by atoms with van der Waals surface area (Å²) in [6.45, 7) is 7.80. The van der Waals surface area contributed by atoms with Crippen LogP contribution in [0.5, 0.6) is 5.75 Å². The number of nitrogens with one attached hydrogen (secondary N) is 1. The van der Waals surface area contributed by atoms with Crippen molar-refractivity contribution in [3.8, 4) is 5.75 Å². The molecule has 1 atom stereocenters. The highest BCUT2D eigenvalue weighted by Crippen LogP contribution is 2.24. The normalized spacial score (nSPS) is 11.9. The van der Waals surface area contributed by atoms with E-state index in [0.717, 1.165) is 22.4 Å². The Balaban J connectivity index is 2.13. The van der Waals surface area contributed by atoms with Gasteiger partial charge in [-0.1, -0.05) is 36.7 Å². The van der Waals surface area contributed by atoms with E-state index in [9.17, 15) is 4.79 Å². The average molecular weight is 332 g/mol. The first-order valence-electron chi connectivity index (χ1n) is 7.72. The molecule has 23 heavy (non-hydrogen) atoms. The molecule has 0 aliphatic rings. The second-order valence-corrected chi connectivity index (χ2v) is 6.09. The molecule has 0 aromatic heterocycles. The fourth-order valence-electron chi connectivity index (χ4n) is 2.39. The number of amides is 1. The van der Waals surface area contributed by atoms with E-state index in [1.54, 1.807) is 12.1 Å². The Labute approximate surface area is 142 Å². The van der Waals surface area contributed by atoms with Crippen molar-refractivity contribution < 1.29 is 9.53 Å². The quantitative estimate of drug-likeness (QED) is 0.831. The van der Waals surface area contributed by atoms with Gasteiger partial charge in [-0.25, -0.2) is 0 Å². The molecular weight excluding hydrogens is 310 g/mol. The minimum atomic E-state index is -0.547. The largest absolute Gasteiger partial charge is 0.481 e. The smallest absolute Gasteiger partial charge is 0.265 e. The van der Waals surface area contributed by atoms with Crippen LogP contribution in [-0.2, 0) is 4.79 Å². The number of benzene rings is 2. The predicted molar refractivity (Wildman–Crippen MR) is 95.4 cm³/mol. The number of ether oxygens (including phenoxy) is 1. The summed E-state index contributed by atoms with van der Waals surface area (Å²) in [6.07, 6.45) is 0.0351. The van der Waals surface area contributed by atoms with Crippen LogP contribution in [0.4, 0.5) is 5.69 Å². The van der Waals surface area contributed by atoms with Crippen LogP contribution in [0.3, 0.4) is 0 Å². The number of hydrogen-bond donors (Lipinski definition) is 1. The summed E-state index contributed by atoms with van der Waals surface area (Å²) in [4.78, 5) is 12.5. The van der Waals surface area contributed by atoms with E-state index in [1.807, 2.05) is 52.0 Å². The van der Waals surface area contributed by atoms with Crippen molar-refractivity contribution in [2.24, 2.45) is 0 Å². The summed E-state index contributed by atoms with van der Waals surface area (Å²) >= 11 is 6.02.